The van der Waals surface area contributed by atoms with E-state index >= 15 is 0 Å². The molecule has 194 valence electrons. The van der Waals surface area contributed by atoms with Crippen LogP contribution in [0.3, 0.4) is 0 Å². The zero-order chi connectivity index (χ0) is 26.9. The number of hydrazone groups is 1. The van der Waals surface area contributed by atoms with Crippen molar-refractivity contribution in [1.82, 2.24) is 9.99 Å². The summed E-state index contributed by atoms with van der Waals surface area (Å²) in [6.45, 7) is 2.45. The van der Waals surface area contributed by atoms with Gasteiger partial charge in [0.2, 0.25) is 0 Å². The maximum absolute atomic E-state index is 12.4. The lowest BCUT2D eigenvalue weighted by atomic mass is 10.1. The first kappa shape index (κ1) is 25.5. The number of ether oxygens (including phenoxy) is 2. The van der Waals surface area contributed by atoms with Gasteiger partial charge in [0.15, 0.2) is 6.61 Å². The number of hydrogen-bond acceptors (Lipinski definition) is 4. The maximum Gasteiger partial charge on any atom is 0.277 e. The monoisotopic (exact) mass is 515 g/mol. The summed E-state index contributed by atoms with van der Waals surface area (Å²) in [7, 11) is 0. The van der Waals surface area contributed by atoms with Gasteiger partial charge >= 0.3 is 0 Å². The molecule has 5 aromatic rings. The molecule has 4 aromatic carbocycles. The van der Waals surface area contributed by atoms with Crippen molar-refractivity contribution in [3.63, 3.8) is 0 Å². The van der Waals surface area contributed by atoms with Gasteiger partial charge in [-0.3, -0.25) is 4.79 Å². The van der Waals surface area contributed by atoms with Gasteiger partial charge in [-0.1, -0.05) is 78.9 Å². The number of para-hydroxylation sites is 1. The number of nitrogens with zero attached hydrogens (tertiary/aromatic N) is 2. The molecule has 0 fully saturated rings. The predicted octanol–water partition coefficient (Wildman–Crippen LogP) is 6.74. The minimum absolute atomic E-state index is 0.130. The number of aromatic nitrogens is 1. The van der Waals surface area contributed by atoms with Crippen LogP contribution in [0.1, 0.15) is 12.5 Å². The smallest absolute Gasteiger partial charge is 0.277 e. The van der Waals surface area contributed by atoms with E-state index in [0.29, 0.717) is 12.4 Å². The molecule has 6 heteroatoms. The third kappa shape index (κ3) is 6.25. The number of benzene rings is 4. The molecule has 1 amide bonds. The van der Waals surface area contributed by atoms with Crippen molar-refractivity contribution in [1.29, 1.82) is 0 Å². The molecule has 0 saturated carbocycles. The largest absolute Gasteiger partial charge is 0.494 e. The molecule has 6 nitrogen and oxygen atoms in total. The molecule has 1 aromatic heterocycles. The average molecular weight is 516 g/mol. The van der Waals surface area contributed by atoms with Crippen LogP contribution in [0.2, 0.25) is 0 Å². The molecule has 0 aliphatic rings. The Bertz CT molecular complexity index is 1530. The SMILES string of the molecule is CCOc1ccc(-n2c(-c3ccccc3)cc(/C=N\NC(=O)COc3ccccc3)c2-c2ccccc2)cc1. The minimum Gasteiger partial charge on any atom is -0.494 e. The Kier molecular flexibility index (Phi) is 8.14. The maximum atomic E-state index is 12.4. The number of rotatable bonds is 10. The van der Waals surface area contributed by atoms with E-state index < -0.39 is 0 Å². The lowest BCUT2D eigenvalue weighted by Gasteiger charge is -2.15. The van der Waals surface area contributed by atoms with E-state index in [1.807, 2.05) is 85.8 Å². The van der Waals surface area contributed by atoms with E-state index in [-0.39, 0.29) is 12.5 Å². The van der Waals surface area contributed by atoms with Gasteiger partial charge in [-0.25, -0.2) is 5.43 Å². The fourth-order valence-electron chi connectivity index (χ4n) is 4.34. The summed E-state index contributed by atoms with van der Waals surface area (Å²) in [5.41, 5.74) is 8.47. The lowest BCUT2D eigenvalue weighted by molar-refractivity contribution is -0.123. The van der Waals surface area contributed by atoms with E-state index in [4.69, 9.17) is 9.47 Å². The molecule has 0 spiro atoms. The van der Waals surface area contributed by atoms with Crippen molar-refractivity contribution < 1.29 is 14.3 Å². The highest BCUT2D eigenvalue weighted by Crippen LogP contribution is 2.35. The molecule has 1 N–H and O–H groups in total. The Morgan fingerprint density at radius 3 is 2.00 bits per heavy atom. The van der Waals surface area contributed by atoms with Gasteiger partial charge in [-0.2, -0.15) is 5.10 Å². The highest BCUT2D eigenvalue weighted by Gasteiger charge is 2.19. The van der Waals surface area contributed by atoms with Crippen LogP contribution in [-0.2, 0) is 4.79 Å². The Labute approximate surface area is 228 Å². The molecular formula is C33H29N3O3. The molecule has 0 aliphatic heterocycles. The lowest BCUT2D eigenvalue weighted by Crippen LogP contribution is -2.24. The van der Waals surface area contributed by atoms with Crippen molar-refractivity contribution in [3.05, 3.63) is 127 Å². The van der Waals surface area contributed by atoms with Gasteiger partial charge in [0.1, 0.15) is 11.5 Å². The van der Waals surface area contributed by atoms with Gasteiger partial charge in [0.05, 0.1) is 24.2 Å². The number of amides is 1. The highest BCUT2D eigenvalue weighted by atomic mass is 16.5. The summed E-state index contributed by atoms with van der Waals surface area (Å²) in [6.07, 6.45) is 1.68. The van der Waals surface area contributed by atoms with Crippen molar-refractivity contribution >= 4 is 12.1 Å². The number of carbonyl (C=O) groups is 1. The summed E-state index contributed by atoms with van der Waals surface area (Å²) in [6, 6.07) is 39.7. The zero-order valence-corrected chi connectivity index (χ0v) is 21.7. The Morgan fingerprint density at radius 2 is 1.36 bits per heavy atom. The van der Waals surface area contributed by atoms with Crippen LogP contribution in [0.4, 0.5) is 0 Å². The number of hydrogen-bond donors (Lipinski definition) is 1. The summed E-state index contributed by atoms with van der Waals surface area (Å²) in [5, 5.41) is 4.28. The number of carbonyl (C=O) groups excluding carboxylic acids is 1. The first-order chi connectivity index (χ1) is 19.2. The second-order valence-corrected chi connectivity index (χ2v) is 8.72. The number of nitrogens with one attached hydrogen (secondary N) is 1. The normalized spacial score (nSPS) is 10.9. The standard InChI is InChI=1S/C33H29N3O3/c1-2-38-30-20-18-28(19-21-30)36-31(25-12-6-3-7-13-25)22-27(33(36)26-14-8-4-9-15-26)23-34-35-32(37)24-39-29-16-10-5-11-17-29/h3-23H,2,24H2,1H3,(H,35,37)/b34-23-. The van der Waals surface area contributed by atoms with Gasteiger partial charge in [-0.05, 0) is 60.5 Å². The van der Waals surface area contributed by atoms with Crippen molar-refractivity contribution in [2.24, 2.45) is 5.10 Å². The van der Waals surface area contributed by atoms with Crippen molar-refractivity contribution in [2.75, 3.05) is 13.2 Å². The first-order valence-electron chi connectivity index (χ1n) is 12.8. The molecule has 39 heavy (non-hydrogen) atoms. The van der Waals surface area contributed by atoms with E-state index in [2.05, 4.69) is 45.4 Å². The minimum atomic E-state index is -0.342. The third-order valence-corrected chi connectivity index (χ3v) is 6.06. The molecule has 0 aliphatic carbocycles. The van der Waals surface area contributed by atoms with Crippen LogP contribution >= 0.6 is 0 Å². The van der Waals surface area contributed by atoms with Crippen LogP contribution in [0.15, 0.2) is 126 Å². The average Bonchev–Trinajstić information content (AvgIpc) is 3.37. The van der Waals surface area contributed by atoms with Gasteiger partial charge in [0.25, 0.3) is 5.91 Å². The molecule has 0 unspecified atom stereocenters. The van der Waals surface area contributed by atoms with Crippen molar-refractivity contribution in [2.45, 2.75) is 6.92 Å². The van der Waals surface area contributed by atoms with Crippen LogP contribution in [0.5, 0.6) is 11.5 Å². The Balaban J connectivity index is 1.52. The van der Waals surface area contributed by atoms with Crippen molar-refractivity contribution in [3.8, 4) is 39.7 Å². The van der Waals surface area contributed by atoms with E-state index in [9.17, 15) is 4.79 Å². The molecule has 1 heterocycles. The van der Waals surface area contributed by atoms with Gasteiger partial charge in [-0.15, -0.1) is 0 Å². The second kappa shape index (κ2) is 12.4. The fourth-order valence-corrected chi connectivity index (χ4v) is 4.34. The Hall–Kier alpha value is -5.10. The summed E-state index contributed by atoms with van der Waals surface area (Å²) in [4.78, 5) is 12.4. The summed E-state index contributed by atoms with van der Waals surface area (Å²) >= 11 is 0. The Morgan fingerprint density at radius 1 is 0.769 bits per heavy atom. The van der Waals surface area contributed by atoms with Gasteiger partial charge < -0.3 is 14.0 Å². The molecule has 0 bridgehead atoms. The van der Waals surface area contributed by atoms with Crippen LogP contribution < -0.4 is 14.9 Å². The molecule has 5 rings (SSSR count). The molecular weight excluding hydrogens is 486 g/mol. The molecule has 0 radical (unpaired) electrons. The molecule has 0 atom stereocenters. The highest BCUT2D eigenvalue weighted by molar-refractivity contribution is 5.94. The third-order valence-electron chi connectivity index (χ3n) is 6.06. The van der Waals surface area contributed by atoms with E-state index in [1.165, 1.54) is 0 Å². The van der Waals surface area contributed by atoms with Crippen LogP contribution in [0, 0.1) is 0 Å². The second-order valence-electron chi connectivity index (χ2n) is 8.72. The summed E-state index contributed by atoms with van der Waals surface area (Å²) in [5.74, 6) is 1.10. The van der Waals surface area contributed by atoms with Crippen LogP contribution in [-0.4, -0.2) is 29.9 Å². The quantitative estimate of drug-likeness (QED) is 0.165. The van der Waals surface area contributed by atoms with Gasteiger partial charge in [0, 0.05) is 11.3 Å². The summed E-state index contributed by atoms with van der Waals surface area (Å²) < 4.78 is 13.4. The van der Waals surface area contributed by atoms with Crippen LogP contribution in [0.25, 0.3) is 28.2 Å². The molecule has 0 saturated heterocycles. The zero-order valence-electron chi connectivity index (χ0n) is 21.7. The topological polar surface area (TPSA) is 64.8 Å². The van der Waals surface area contributed by atoms with E-state index in [0.717, 1.165) is 39.5 Å². The first-order valence-corrected chi connectivity index (χ1v) is 12.8. The fraction of sp³-hybridized carbons (Fsp3) is 0.0909. The predicted molar refractivity (Wildman–Crippen MR) is 155 cm³/mol. The van der Waals surface area contributed by atoms with E-state index in [1.54, 1.807) is 18.3 Å².